The Hall–Kier alpha value is -2.07. The van der Waals surface area contributed by atoms with Gasteiger partial charge in [-0.15, -0.1) is 0 Å². The number of ether oxygens (including phenoxy) is 2. The highest BCUT2D eigenvalue weighted by Gasteiger charge is 2.32. The van der Waals surface area contributed by atoms with E-state index in [-0.39, 0.29) is 12.0 Å². The normalized spacial score (nSPS) is 24.9. The van der Waals surface area contributed by atoms with Crippen molar-refractivity contribution >= 4 is 0 Å². The summed E-state index contributed by atoms with van der Waals surface area (Å²) in [6.07, 6.45) is 7.31. The van der Waals surface area contributed by atoms with E-state index in [1.807, 2.05) is 18.2 Å². The van der Waals surface area contributed by atoms with Crippen molar-refractivity contribution in [2.24, 2.45) is 11.8 Å². The molecule has 1 N–H and O–H groups in total. The van der Waals surface area contributed by atoms with Gasteiger partial charge in [-0.05, 0) is 61.4 Å². The second-order valence-electron chi connectivity index (χ2n) is 7.85. The molecule has 1 atom stereocenters. The van der Waals surface area contributed by atoms with Gasteiger partial charge in [-0.3, -0.25) is 0 Å². The Kier molecular flexibility index (Phi) is 5.35. The van der Waals surface area contributed by atoms with Gasteiger partial charge in [0.1, 0.15) is 17.3 Å². The van der Waals surface area contributed by atoms with E-state index < -0.39 is 5.82 Å². The maximum absolute atomic E-state index is 14.1. The molecule has 144 valence electrons. The molecule has 0 aromatic heterocycles. The second kappa shape index (κ2) is 7.89. The van der Waals surface area contributed by atoms with Gasteiger partial charge >= 0.3 is 0 Å². The number of fused-ring (bicyclic) bond motifs is 1. The highest BCUT2D eigenvalue weighted by Crippen LogP contribution is 2.39. The summed E-state index contributed by atoms with van der Waals surface area (Å²) < 4.78 is 26.3. The third kappa shape index (κ3) is 3.96. The number of rotatable bonds is 4. The summed E-state index contributed by atoms with van der Waals surface area (Å²) in [4.78, 5) is 0. The molecule has 1 saturated carbocycles. The lowest BCUT2D eigenvalue weighted by Crippen LogP contribution is -2.35. The van der Waals surface area contributed by atoms with Crippen LogP contribution in [0, 0.1) is 17.7 Å². The van der Waals surface area contributed by atoms with Crippen LogP contribution >= 0.6 is 0 Å². The molecule has 3 nitrogen and oxygen atoms in total. The van der Waals surface area contributed by atoms with E-state index in [0.717, 1.165) is 28.9 Å². The van der Waals surface area contributed by atoms with Crippen LogP contribution in [-0.4, -0.2) is 11.4 Å². The Morgan fingerprint density at radius 2 is 1.89 bits per heavy atom. The molecule has 0 spiro atoms. The van der Waals surface area contributed by atoms with Crippen molar-refractivity contribution < 1.29 is 19.0 Å². The first-order valence-electron chi connectivity index (χ1n) is 10.0. The molecule has 4 heteroatoms. The van der Waals surface area contributed by atoms with Gasteiger partial charge in [0, 0.05) is 23.1 Å². The molecule has 2 aliphatic rings. The molecule has 1 fully saturated rings. The van der Waals surface area contributed by atoms with Gasteiger partial charge < -0.3 is 14.6 Å². The minimum atomic E-state index is -0.436. The fraction of sp³-hybridized carbons (Fsp3) is 0.478. The van der Waals surface area contributed by atoms with E-state index in [0.29, 0.717) is 18.1 Å². The third-order valence-corrected chi connectivity index (χ3v) is 5.94. The lowest BCUT2D eigenvalue weighted by Gasteiger charge is -2.36. The Balaban J connectivity index is 1.45. The standard InChI is InChI=1S/C23H27FO3/c1-2-3-15-4-6-16(7-5-15)23-26-14-18-12-17(8-11-22(18)27-23)20-10-9-19(25)13-21(20)24/h8-13,15-16,23,25H,2-7,14H2,1H3. The summed E-state index contributed by atoms with van der Waals surface area (Å²) in [5, 5.41) is 9.40. The fourth-order valence-electron chi connectivity index (χ4n) is 4.43. The summed E-state index contributed by atoms with van der Waals surface area (Å²) in [5.41, 5.74) is 2.17. The lowest BCUT2D eigenvalue weighted by atomic mass is 9.79. The number of aromatic hydroxyl groups is 1. The minimum absolute atomic E-state index is 0.0719. The van der Waals surface area contributed by atoms with Crippen molar-refractivity contribution in [2.75, 3.05) is 0 Å². The Morgan fingerprint density at radius 1 is 1.07 bits per heavy atom. The molecule has 1 unspecified atom stereocenters. The topological polar surface area (TPSA) is 38.7 Å². The lowest BCUT2D eigenvalue weighted by molar-refractivity contribution is -0.148. The Labute approximate surface area is 160 Å². The zero-order valence-electron chi connectivity index (χ0n) is 15.8. The number of halogens is 1. The van der Waals surface area contributed by atoms with Crippen LogP contribution < -0.4 is 4.74 Å². The summed E-state index contributed by atoms with van der Waals surface area (Å²) >= 11 is 0. The number of phenolic OH excluding ortho intramolecular Hbond substituents is 1. The van der Waals surface area contributed by atoms with Crippen LogP contribution in [0.15, 0.2) is 36.4 Å². The molecular formula is C23H27FO3. The third-order valence-electron chi connectivity index (χ3n) is 5.94. The summed E-state index contributed by atoms with van der Waals surface area (Å²) in [7, 11) is 0. The van der Waals surface area contributed by atoms with Crippen LogP contribution in [0.2, 0.25) is 0 Å². The van der Waals surface area contributed by atoms with Gasteiger partial charge in [0.05, 0.1) is 6.61 Å². The zero-order valence-corrected chi connectivity index (χ0v) is 15.8. The predicted octanol–water partition coefficient (Wildman–Crippen LogP) is 6.04. The average molecular weight is 370 g/mol. The van der Waals surface area contributed by atoms with E-state index in [1.54, 1.807) is 6.07 Å². The fourth-order valence-corrected chi connectivity index (χ4v) is 4.43. The molecule has 0 bridgehead atoms. The van der Waals surface area contributed by atoms with Crippen molar-refractivity contribution in [3.8, 4) is 22.6 Å². The molecule has 0 amide bonds. The van der Waals surface area contributed by atoms with Crippen molar-refractivity contribution in [1.29, 1.82) is 0 Å². The molecular weight excluding hydrogens is 343 g/mol. The van der Waals surface area contributed by atoms with E-state index in [1.165, 1.54) is 44.6 Å². The average Bonchev–Trinajstić information content (AvgIpc) is 2.68. The first-order chi connectivity index (χ1) is 13.1. The first kappa shape index (κ1) is 18.3. The number of phenols is 1. The number of hydrogen-bond acceptors (Lipinski definition) is 3. The van der Waals surface area contributed by atoms with Crippen LogP contribution in [-0.2, 0) is 11.3 Å². The summed E-state index contributed by atoms with van der Waals surface area (Å²) in [6.45, 7) is 2.75. The van der Waals surface area contributed by atoms with Crippen LogP contribution in [0.25, 0.3) is 11.1 Å². The minimum Gasteiger partial charge on any atom is -0.508 e. The highest BCUT2D eigenvalue weighted by atomic mass is 19.1. The Bertz CT molecular complexity index is 796. The molecule has 4 rings (SSSR count). The smallest absolute Gasteiger partial charge is 0.203 e. The molecule has 2 aromatic carbocycles. The summed E-state index contributed by atoms with van der Waals surface area (Å²) in [5.74, 6) is 1.65. The van der Waals surface area contributed by atoms with Gasteiger partial charge in [0.25, 0.3) is 0 Å². The first-order valence-corrected chi connectivity index (χ1v) is 10.0. The van der Waals surface area contributed by atoms with Crippen LogP contribution in [0.5, 0.6) is 11.5 Å². The van der Waals surface area contributed by atoms with Crippen LogP contribution in [0.4, 0.5) is 4.39 Å². The maximum Gasteiger partial charge on any atom is 0.203 e. The van der Waals surface area contributed by atoms with Gasteiger partial charge in [0.15, 0.2) is 0 Å². The van der Waals surface area contributed by atoms with E-state index in [2.05, 4.69) is 6.92 Å². The Morgan fingerprint density at radius 3 is 2.63 bits per heavy atom. The molecule has 1 heterocycles. The second-order valence-corrected chi connectivity index (χ2v) is 7.85. The zero-order chi connectivity index (χ0) is 18.8. The van der Waals surface area contributed by atoms with Gasteiger partial charge in [-0.2, -0.15) is 0 Å². The van der Waals surface area contributed by atoms with Crippen molar-refractivity contribution in [2.45, 2.75) is 58.3 Å². The highest BCUT2D eigenvalue weighted by molar-refractivity contribution is 5.67. The van der Waals surface area contributed by atoms with Gasteiger partial charge in [-0.25, -0.2) is 4.39 Å². The predicted molar refractivity (Wildman–Crippen MR) is 103 cm³/mol. The van der Waals surface area contributed by atoms with Crippen molar-refractivity contribution in [3.05, 3.63) is 47.8 Å². The van der Waals surface area contributed by atoms with E-state index >= 15 is 0 Å². The van der Waals surface area contributed by atoms with Crippen LogP contribution in [0.1, 0.15) is 51.0 Å². The largest absolute Gasteiger partial charge is 0.508 e. The summed E-state index contributed by atoms with van der Waals surface area (Å²) in [6, 6.07) is 9.92. The quantitative estimate of drug-likeness (QED) is 0.713. The molecule has 0 saturated heterocycles. The van der Waals surface area contributed by atoms with Crippen molar-refractivity contribution in [3.63, 3.8) is 0 Å². The SMILES string of the molecule is CCCC1CCC(C2OCc3cc(-c4ccc(O)cc4F)ccc3O2)CC1. The molecule has 2 aromatic rings. The maximum atomic E-state index is 14.1. The number of benzene rings is 2. The number of hydrogen-bond donors (Lipinski definition) is 1. The van der Waals surface area contributed by atoms with Gasteiger partial charge in [0.2, 0.25) is 6.29 Å². The monoisotopic (exact) mass is 370 g/mol. The van der Waals surface area contributed by atoms with Gasteiger partial charge in [-0.1, -0.05) is 25.8 Å². The van der Waals surface area contributed by atoms with E-state index in [9.17, 15) is 9.50 Å². The molecule has 1 aliphatic heterocycles. The van der Waals surface area contributed by atoms with E-state index in [4.69, 9.17) is 9.47 Å². The molecule has 1 aliphatic carbocycles. The molecule has 0 radical (unpaired) electrons. The van der Waals surface area contributed by atoms with Crippen molar-refractivity contribution in [1.82, 2.24) is 0 Å². The molecule has 27 heavy (non-hydrogen) atoms. The van der Waals surface area contributed by atoms with Crippen LogP contribution in [0.3, 0.4) is 0 Å².